The summed E-state index contributed by atoms with van der Waals surface area (Å²) in [5.41, 5.74) is 8.81. The van der Waals surface area contributed by atoms with Crippen molar-refractivity contribution < 1.29 is 4.42 Å². The molecule has 2 atom stereocenters. The van der Waals surface area contributed by atoms with Crippen LogP contribution in [0.4, 0.5) is 17.1 Å². The van der Waals surface area contributed by atoms with E-state index in [9.17, 15) is 0 Å². The maximum Gasteiger partial charge on any atom is 0.136 e. The molecule has 9 rings (SSSR count). The molecular formula is C41H35NO. The normalized spacial score (nSPS) is 19.2. The summed E-state index contributed by atoms with van der Waals surface area (Å²) in [4.78, 5) is 2.43. The second-order valence-corrected chi connectivity index (χ2v) is 13.3. The monoisotopic (exact) mass is 557 g/mol. The van der Waals surface area contributed by atoms with Gasteiger partial charge in [0.2, 0.25) is 0 Å². The number of rotatable bonds is 3. The largest absolute Gasteiger partial charge is 0.456 e. The molecule has 2 heteroatoms. The Kier molecular flexibility index (Phi) is 5.36. The Labute approximate surface area is 252 Å². The highest BCUT2D eigenvalue weighted by Crippen LogP contribution is 2.57. The Balaban J connectivity index is 1.20. The van der Waals surface area contributed by atoms with E-state index in [2.05, 4.69) is 128 Å². The standard InChI is InChI=1S/C41H35NO/c1-41(2)37-14-8-6-12-32(37)33-21-19-30(24-38(33)41)42(28-10-4-3-5-11-28)29-18-20-31-26(22-29)16-17-27-23-36-34-13-7-9-15-39(34)43-40(36)25-35(27)31/h3-5,7,9-11,13,15-25,32,37H,6,8,12,14H2,1-2H3. The molecule has 1 heterocycles. The third-order valence-corrected chi connectivity index (χ3v) is 10.7. The minimum Gasteiger partial charge on any atom is -0.456 e. The van der Waals surface area contributed by atoms with Crippen molar-refractivity contribution in [3.8, 4) is 0 Å². The van der Waals surface area contributed by atoms with Crippen molar-refractivity contribution in [1.29, 1.82) is 0 Å². The van der Waals surface area contributed by atoms with E-state index in [1.807, 2.05) is 6.07 Å². The molecule has 2 aliphatic carbocycles. The van der Waals surface area contributed by atoms with Crippen LogP contribution < -0.4 is 4.90 Å². The number of fused-ring (bicyclic) bond motifs is 9. The lowest BCUT2D eigenvalue weighted by atomic mass is 9.70. The topological polar surface area (TPSA) is 16.4 Å². The van der Waals surface area contributed by atoms with Crippen molar-refractivity contribution in [2.75, 3.05) is 4.90 Å². The lowest BCUT2D eigenvalue weighted by molar-refractivity contribution is 0.233. The van der Waals surface area contributed by atoms with Gasteiger partial charge in [-0.3, -0.25) is 0 Å². The third-order valence-electron chi connectivity index (χ3n) is 10.7. The van der Waals surface area contributed by atoms with Crippen molar-refractivity contribution in [3.05, 3.63) is 126 Å². The fourth-order valence-electron chi connectivity index (χ4n) is 8.57. The van der Waals surface area contributed by atoms with Crippen molar-refractivity contribution in [1.82, 2.24) is 0 Å². The van der Waals surface area contributed by atoms with Crippen molar-refractivity contribution >= 4 is 60.5 Å². The Morgan fingerprint density at radius 2 is 1.33 bits per heavy atom. The number of furan rings is 1. The fraction of sp³-hybridized carbons (Fsp3) is 0.220. The van der Waals surface area contributed by atoms with E-state index in [1.165, 1.54) is 75.1 Å². The molecule has 1 aromatic heterocycles. The van der Waals surface area contributed by atoms with Crippen LogP contribution in [0, 0.1) is 5.92 Å². The molecule has 0 amide bonds. The zero-order valence-electron chi connectivity index (χ0n) is 24.8. The van der Waals surface area contributed by atoms with E-state index in [0.717, 1.165) is 17.1 Å². The average molecular weight is 558 g/mol. The number of anilines is 3. The molecule has 0 saturated heterocycles. The van der Waals surface area contributed by atoms with E-state index in [0.29, 0.717) is 5.92 Å². The molecule has 0 radical (unpaired) electrons. The number of para-hydroxylation sites is 2. The van der Waals surface area contributed by atoms with E-state index in [1.54, 1.807) is 11.1 Å². The summed E-state index contributed by atoms with van der Waals surface area (Å²) in [7, 11) is 0. The van der Waals surface area contributed by atoms with Crippen LogP contribution in [-0.4, -0.2) is 0 Å². The van der Waals surface area contributed by atoms with Crippen LogP contribution >= 0.6 is 0 Å². The van der Waals surface area contributed by atoms with Gasteiger partial charge in [-0.15, -0.1) is 0 Å². The Morgan fingerprint density at radius 1 is 0.581 bits per heavy atom. The van der Waals surface area contributed by atoms with Crippen LogP contribution in [0.3, 0.4) is 0 Å². The summed E-state index contributed by atoms with van der Waals surface area (Å²) in [6, 6.07) is 42.4. The van der Waals surface area contributed by atoms with Gasteiger partial charge in [0.1, 0.15) is 11.2 Å². The van der Waals surface area contributed by atoms with Gasteiger partial charge >= 0.3 is 0 Å². The molecule has 43 heavy (non-hydrogen) atoms. The molecule has 210 valence electrons. The summed E-state index contributed by atoms with van der Waals surface area (Å²) in [5.74, 6) is 1.47. The number of hydrogen-bond donors (Lipinski definition) is 0. The van der Waals surface area contributed by atoms with Crippen molar-refractivity contribution in [2.24, 2.45) is 5.92 Å². The second kappa shape index (κ2) is 9.22. The van der Waals surface area contributed by atoms with Crippen molar-refractivity contribution in [2.45, 2.75) is 50.9 Å². The highest BCUT2D eigenvalue weighted by Gasteiger charge is 2.46. The van der Waals surface area contributed by atoms with E-state index < -0.39 is 0 Å². The Morgan fingerprint density at radius 3 is 2.21 bits per heavy atom. The lowest BCUT2D eigenvalue weighted by Crippen LogP contribution is -2.28. The summed E-state index contributed by atoms with van der Waals surface area (Å²) in [5, 5.41) is 7.29. The minimum atomic E-state index is 0.197. The Bertz CT molecular complexity index is 2190. The lowest BCUT2D eigenvalue weighted by Gasteiger charge is -2.35. The van der Waals surface area contributed by atoms with Crippen LogP contribution in [0.15, 0.2) is 120 Å². The highest BCUT2D eigenvalue weighted by molar-refractivity contribution is 6.16. The number of nitrogens with zero attached hydrogens (tertiary/aromatic N) is 1. The van der Waals surface area contributed by atoms with Gasteiger partial charge < -0.3 is 9.32 Å². The van der Waals surface area contributed by atoms with Gasteiger partial charge in [-0.1, -0.05) is 87.4 Å². The van der Waals surface area contributed by atoms with Gasteiger partial charge in [0, 0.05) is 27.8 Å². The molecule has 0 bridgehead atoms. The zero-order chi connectivity index (χ0) is 28.7. The molecule has 7 aromatic rings. The molecule has 6 aromatic carbocycles. The van der Waals surface area contributed by atoms with Gasteiger partial charge in [0.25, 0.3) is 0 Å². The van der Waals surface area contributed by atoms with E-state index >= 15 is 0 Å². The maximum absolute atomic E-state index is 6.27. The smallest absolute Gasteiger partial charge is 0.136 e. The van der Waals surface area contributed by atoms with Gasteiger partial charge in [-0.25, -0.2) is 0 Å². The Hall–Kier alpha value is -4.56. The molecule has 1 saturated carbocycles. The minimum absolute atomic E-state index is 0.197. The van der Waals surface area contributed by atoms with Crippen LogP contribution in [-0.2, 0) is 5.41 Å². The predicted molar refractivity (Wildman–Crippen MR) is 181 cm³/mol. The quantitative estimate of drug-likeness (QED) is 0.201. The predicted octanol–water partition coefficient (Wildman–Crippen LogP) is 11.9. The van der Waals surface area contributed by atoms with Crippen LogP contribution in [0.2, 0.25) is 0 Å². The molecular weight excluding hydrogens is 522 g/mol. The molecule has 2 nitrogen and oxygen atoms in total. The van der Waals surface area contributed by atoms with Crippen LogP contribution in [0.25, 0.3) is 43.5 Å². The first-order chi connectivity index (χ1) is 21.1. The summed E-state index contributed by atoms with van der Waals surface area (Å²) in [6.45, 7) is 4.97. The second-order valence-electron chi connectivity index (χ2n) is 13.3. The number of hydrogen-bond acceptors (Lipinski definition) is 2. The highest BCUT2D eigenvalue weighted by atomic mass is 16.3. The molecule has 0 spiro atoms. The van der Waals surface area contributed by atoms with E-state index in [4.69, 9.17) is 4.42 Å². The fourth-order valence-corrected chi connectivity index (χ4v) is 8.57. The molecule has 1 fully saturated rings. The van der Waals surface area contributed by atoms with Gasteiger partial charge in [0.15, 0.2) is 0 Å². The zero-order valence-corrected chi connectivity index (χ0v) is 24.8. The maximum atomic E-state index is 6.27. The number of benzene rings is 6. The summed E-state index contributed by atoms with van der Waals surface area (Å²) >= 11 is 0. The molecule has 0 N–H and O–H groups in total. The molecule has 0 aliphatic heterocycles. The first kappa shape index (κ1) is 25.0. The van der Waals surface area contributed by atoms with Gasteiger partial charge in [-0.2, -0.15) is 0 Å². The molecule has 2 aliphatic rings. The average Bonchev–Trinajstić information content (AvgIpc) is 3.52. The van der Waals surface area contributed by atoms with Gasteiger partial charge in [-0.05, 0) is 117 Å². The molecule has 2 unspecified atom stereocenters. The van der Waals surface area contributed by atoms with Crippen molar-refractivity contribution in [3.63, 3.8) is 0 Å². The first-order valence-electron chi connectivity index (χ1n) is 15.8. The summed E-state index contributed by atoms with van der Waals surface area (Å²) in [6.07, 6.45) is 5.42. The van der Waals surface area contributed by atoms with Crippen LogP contribution in [0.1, 0.15) is 56.6 Å². The first-order valence-corrected chi connectivity index (χ1v) is 15.8. The van der Waals surface area contributed by atoms with E-state index in [-0.39, 0.29) is 5.41 Å². The third kappa shape index (κ3) is 3.72. The van der Waals surface area contributed by atoms with Crippen LogP contribution in [0.5, 0.6) is 0 Å². The SMILES string of the molecule is CC1(C)c2cc(N(c3ccccc3)c3ccc4c(ccc5cc6c(cc54)oc4ccccc46)c3)ccc2C2CCCCC21. The summed E-state index contributed by atoms with van der Waals surface area (Å²) < 4.78 is 6.27. The van der Waals surface area contributed by atoms with Gasteiger partial charge in [0.05, 0.1) is 0 Å².